The molecule has 0 aliphatic rings. The van der Waals surface area contributed by atoms with Gasteiger partial charge in [-0.05, 0) is 64.1 Å². The zero-order valence-corrected chi connectivity index (χ0v) is 17.5. The van der Waals surface area contributed by atoms with Crippen molar-refractivity contribution >= 4 is 16.9 Å². The van der Waals surface area contributed by atoms with E-state index in [2.05, 4.69) is 15.4 Å². The Kier molecular flexibility index (Phi) is 5.11. The van der Waals surface area contributed by atoms with E-state index in [1.165, 1.54) is 12.1 Å². The predicted molar refractivity (Wildman–Crippen MR) is 114 cm³/mol. The van der Waals surface area contributed by atoms with Crippen LogP contribution >= 0.6 is 0 Å². The fourth-order valence-electron chi connectivity index (χ4n) is 3.86. The molecular weight excluding hydrogens is 381 g/mol. The van der Waals surface area contributed by atoms with E-state index in [1.807, 2.05) is 56.5 Å². The molecule has 0 radical (unpaired) electrons. The molecule has 0 fully saturated rings. The number of benzene rings is 2. The average Bonchev–Trinajstić information content (AvgIpc) is 3.21. The van der Waals surface area contributed by atoms with Crippen LogP contribution in [0.5, 0.6) is 0 Å². The minimum Gasteiger partial charge on any atom is -0.350 e. The van der Waals surface area contributed by atoms with E-state index >= 15 is 0 Å². The molecule has 30 heavy (non-hydrogen) atoms. The molecule has 6 nitrogen and oxygen atoms in total. The summed E-state index contributed by atoms with van der Waals surface area (Å²) >= 11 is 0. The molecule has 1 atom stereocenters. The van der Waals surface area contributed by atoms with Crippen molar-refractivity contribution in [3.8, 4) is 5.69 Å². The highest BCUT2D eigenvalue weighted by Crippen LogP contribution is 2.22. The Labute approximate surface area is 174 Å². The maximum atomic E-state index is 13.2. The first-order chi connectivity index (χ1) is 14.4. The summed E-state index contributed by atoms with van der Waals surface area (Å²) in [5.74, 6) is 0.425. The van der Waals surface area contributed by atoms with Gasteiger partial charge in [-0.3, -0.25) is 4.79 Å². The lowest BCUT2D eigenvalue weighted by molar-refractivity contribution is -0.124. The maximum Gasteiger partial charge on any atom is 0.243 e. The average molecular weight is 405 g/mol. The van der Waals surface area contributed by atoms with Crippen LogP contribution in [-0.2, 0) is 11.3 Å². The zero-order chi connectivity index (χ0) is 21.4. The van der Waals surface area contributed by atoms with E-state index in [1.54, 1.807) is 16.8 Å². The van der Waals surface area contributed by atoms with Gasteiger partial charge in [0, 0.05) is 17.8 Å². The van der Waals surface area contributed by atoms with E-state index < -0.39 is 6.04 Å². The Bertz CT molecular complexity index is 1220. The van der Waals surface area contributed by atoms with Crippen LogP contribution in [0.15, 0.2) is 48.5 Å². The van der Waals surface area contributed by atoms with Gasteiger partial charge >= 0.3 is 0 Å². The van der Waals surface area contributed by atoms with Gasteiger partial charge in [0.2, 0.25) is 5.91 Å². The van der Waals surface area contributed by atoms with Gasteiger partial charge in [-0.15, -0.1) is 0 Å². The van der Waals surface area contributed by atoms with Gasteiger partial charge in [-0.25, -0.2) is 14.1 Å². The first-order valence-electron chi connectivity index (χ1n) is 9.89. The van der Waals surface area contributed by atoms with Crippen molar-refractivity contribution in [2.24, 2.45) is 0 Å². The number of aromatic nitrogens is 4. The summed E-state index contributed by atoms with van der Waals surface area (Å²) in [5.41, 5.74) is 5.29. The summed E-state index contributed by atoms with van der Waals surface area (Å²) in [6.07, 6.45) is 0. The topological polar surface area (TPSA) is 64.7 Å². The summed E-state index contributed by atoms with van der Waals surface area (Å²) in [4.78, 5) is 17.5. The molecule has 0 bridgehead atoms. The number of aryl methyl sites for hydroxylation is 2. The number of rotatable bonds is 5. The predicted octanol–water partition coefficient (Wildman–Crippen LogP) is 4.16. The molecule has 2 aromatic heterocycles. The molecule has 154 valence electrons. The minimum atomic E-state index is -0.398. The number of hydrogen-bond acceptors (Lipinski definition) is 3. The van der Waals surface area contributed by atoms with E-state index in [0.717, 1.165) is 39.5 Å². The van der Waals surface area contributed by atoms with E-state index in [4.69, 9.17) is 0 Å². The molecule has 4 rings (SSSR count). The second-order valence-corrected chi connectivity index (χ2v) is 7.45. The fourth-order valence-corrected chi connectivity index (χ4v) is 3.86. The monoisotopic (exact) mass is 405 g/mol. The molecule has 0 aliphatic carbocycles. The van der Waals surface area contributed by atoms with Crippen molar-refractivity contribution in [3.05, 3.63) is 77.1 Å². The van der Waals surface area contributed by atoms with Crippen LogP contribution < -0.4 is 5.32 Å². The van der Waals surface area contributed by atoms with E-state index in [-0.39, 0.29) is 11.7 Å². The van der Waals surface area contributed by atoms with Gasteiger partial charge in [-0.1, -0.05) is 12.1 Å². The number of carbonyl (C=O) groups is 1. The summed E-state index contributed by atoms with van der Waals surface area (Å²) in [6.45, 7) is 8.00. The van der Waals surface area contributed by atoms with Gasteiger partial charge in [0.05, 0.1) is 22.4 Å². The molecule has 0 aliphatic heterocycles. The third kappa shape index (κ3) is 3.47. The number of amides is 1. The van der Waals surface area contributed by atoms with Gasteiger partial charge < -0.3 is 9.88 Å². The lowest BCUT2D eigenvalue weighted by atomic mass is 10.2. The zero-order valence-electron chi connectivity index (χ0n) is 17.5. The number of nitrogens with zero attached hydrogens (tertiary/aromatic N) is 4. The number of para-hydroxylation sites is 2. The summed E-state index contributed by atoms with van der Waals surface area (Å²) < 4.78 is 17.0. The number of carbonyl (C=O) groups excluding carboxylic acids is 1. The number of halogens is 1. The van der Waals surface area contributed by atoms with Gasteiger partial charge in [0.15, 0.2) is 0 Å². The third-order valence-electron chi connectivity index (χ3n) is 5.49. The lowest BCUT2D eigenvalue weighted by Gasteiger charge is -2.16. The molecule has 2 aromatic carbocycles. The molecule has 1 unspecified atom stereocenters. The molecule has 1 N–H and O–H groups in total. The van der Waals surface area contributed by atoms with Crippen LogP contribution in [0.3, 0.4) is 0 Å². The van der Waals surface area contributed by atoms with Gasteiger partial charge in [0.25, 0.3) is 0 Å². The molecule has 4 aromatic rings. The fraction of sp³-hybridized carbons (Fsp3) is 0.261. The molecule has 7 heteroatoms. The number of hydrogen-bond donors (Lipinski definition) is 1. The normalized spacial score (nSPS) is 12.3. The van der Waals surface area contributed by atoms with Crippen molar-refractivity contribution in [2.75, 3.05) is 0 Å². The van der Waals surface area contributed by atoms with Crippen molar-refractivity contribution in [3.63, 3.8) is 0 Å². The first kappa shape index (κ1) is 19.8. The van der Waals surface area contributed by atoms with Gasteiger partial charge in [0.1, 0.15) is 17.7 Å². The molecule has 0 spiro atoms. The highest BCUT2D eigenvalue weighted by Gasteiger charge is 2.21. The summed E-state index contributed by atoms with van der Waals surface area (Å²) in [5, 5.41) is 7.60. The second kappa shape index (κ2) is 7.74. The Hall–Kier alpha value is -3.48. The van der Waals surface area contributed by atoms with Crippen molar-refractivity contribution in [1.29, 1.82) is 0 Å². The molecule has 1 amide bonds. The first-order valence-corrected chi connectivity index (χ1v) is 9.89. The number of fused-ring (bicyclic) bond motifs is 1. The van der Waals surface area contributed by atoms with Crippen molar-refractivity contribution in [2.45, 2.75) is 40.3 Å². The number of nitrogens with one attached hydrogen (secondary N) is 1. The van der Waals surface area contributed by atoms with E-state index in [0.29, 0.717) is 6.54 Å². The van der Waals surface area contributed by atoms with Gasteiger partial charge in [-0.2, -0.15) is 5.10 Å². The van der Waals surface area contributed by atoms with E-state index in [9.17, 15) is 9.18 Å². The summed E-state index contributed by atoms with van der Waals surface area (Å²) in [6, 6.07) is 13.6. The number of imidazole rings is 1. The van der Waals surface area contributed by atoms with Crippen LogP contribution in [0.2, 0.25) is 0 Å². The Morgan fingerprint density at radius 3 is 2.53 bits per heavy atom. The Morgan fingerprint density at radius 1 is 1.10 bits per heavy atom. The smallest absolute Gasteiger partial charge is 0.243 e. The molecule has 0 saturated carbocycles. The Morgan fingerprint density at radius 2 is 1.80 bits per heavy atom. The molecule has 2 heterocycles. The lowest BCUT2D eigenvalue weighted by Crippen LogP contribution is -2.31. The second-order valence-electron chi connectivity index (χ2n) is 7.45. The highest BCUT2D eigenvalue weighted by molar-refractivity contribution is 5.84. The van der Waals surface area contributed by atoms with Crippen LogP contribution in [0.25, 0.3) is 16.7 Å². The van der Waals surface area contributed by atoms with Crippen LogP contribution in [-0.4, -0.2) is 25.2 Å². The Balaban J connectivity index is 1.54. The maximum absolute atomic E-state index is 13.2. The largest absolute Gasteiger partial charge is 0.350 e. The SMILES string of the molecule is Cc1nn(-c2ccc(F)cc2)c(C)c1CNC(=O)C(C)n1c(C)nc2ccccc21. The molecular formula is C23H24FN5O. The van der Waals surface area contributed by atoms with Crippen LogP contribution in [0, 0.1) is 26.6 Å². The minimum absolute atomic E-state index is 0.0883. The van der Waals surface area contributed by atoms with Crippen LogP contribution in [0.4, 0.5) is 4.39 Å². The molecule has 0 saturated heterocycles. The third-order valence-corrected chi connectivity index (χ3v) is 5.49. The van der Waals surface area contributed by atoms with Crippen molar-refractivity contribution < 1.29 is 9.18 Å². The highest BCUT2D eigenvalue weighted by atomic mass is 19.1. The summed E-state index contributed by atoms with van der Waals surface area (Å²) in [7, 11) is 0. The van der Waals surface area contributed by atoms with Crippen molar-refractivity contribution in [1.82, 2.24) is 24.6 Å². The quantitative estimate of drug-likeness (QED) is 0.542. The van der Waals surface area contributed by atoms with Crippen LogP contribution in [0.1, 0.15) is 35.7 Å². The standard InChI is InChI=1S/C23H24FN5O/c1-14-20(15(2)29(27-14)19-11-9-18(24)10-12-19)13-25-23(30)16(3)28-17(4)26-21-7-5-6-8-22(21)28/h5-12,16H,13H2,1-4H3,(H,25,30).